The van der Waals surface area contributed by atoms with Crippen molar-refractivity contribution in [3.05, 3.63) is 28.6 Å². The number of aromatic nitrogens is 2. The molecule has 2 nitrogen and oxygen atoms in total. The van der Waals surface area contributed by atoms with Gasteiger partial charge in [-0.25, -0.2) is 0 Å². The van der Waals surface area contributed by atoms with E-state index in [1.54, 1.807) is 11.3 Å². The number of terminal acetylenes is 1. The molecule has 76 valence electrons. The van der Waals surface area contributed by atoms with Gasteiger partial charge in [0, 0.05) is 16.6 Å². The van der Waals surface area contributed by atoms with Crippen molar-refractivity contribution in [2.24, 2.45) is 0 Å². The quantitative estimate of drug-likeness (QED) is 0.721. The minimum absolute atomic E-state index is 0.549. The number of hydrogen-bond donors (Lipinski definition) is 0. The second kappa shape index (κ2) is 4.33. The molecule has 0 unspecified atom stereocenters. The molecular weight excluding hydrogens is 204 g/mol. The molecule has 0 aliphatic heterocycles. The van der Waals surface area contributed by atoms with Crippen LogP contribution < -0.4 is 0 Å². The van der Waals surface area contributed by atoms with Gasteiger partial charge in [-0.1, -0.05) is 12.8 Å². The molecule has 0 amide bonds. The van der Waals surface area contributed by atoms with Gasteiger partial charge in [-0.15, -0.1) is 6.42 Å². The molecule has 2 aromatic rings. The molecule has 0 aliphatic rings. The lowest BCUT2D eigenvalue weighted by atomic mass is 10.2. The Labute approximate surface area is 93.6 Å². The summed E-state index contributed by atoms with van der Waals surface area (Å²) >= 11 is 1.68. The first-order valence-corrected chi connectivity index (χ1v) is 5.82. The minimum Gasteiger partial charge on any atom is -0.257 e. The fourth-order valence-electron chi connectivity index (χ4n) is 1.51. The van der Waals surface area contributed by atoms with Crippen LogP contribution in [0.1, 0.15) is 12.6 Å². The third-order valence-corrected chi connectivity index (χ3v) is 2.97. The number of thiophene rings is 1. The Balaban J connectivity index is 2.39. The van der Waals surface area contributed by atoms with Crippen molar-refractivity contribution in [2.75, 3.05) is 0 Å². The Morgan fingerprint density at radius 2 is 2.47 bits per heavy atom. The van der Waals surface area contributed by atoms with E-state index in [0.717, 1.165) is 12.1 Å². The van der Waals surface area contributed by atoms with Gasteiger partial charge >= 0.3 is 0 Å². The lowest BCUT2D eigenvalue weighted by Crippen LogP contribution is -2.02. The fraction of sp³-hybridized carbons (Fsp3) is 0.250. The predicted octanol–water partition coefficient (Wildman–Crippen LogP) is 2.81. The van der Waals surface area contributed by atoms with Crippen LogP contribution in [0.2, 0.25) is 0 Å². The SMILES string of the molecule is C#CCn1nc(-c2ccsc2)cc1CC. The Hall–Kier alpha value is -1.53. The van der Waals surface area contributed by atoms with Crippen LogP contribution in [0.15, 0.2) is 22.9 Å². The van der Waals surface area contributed by atoms with E-state index in [1.807, 2.05) is 4.68 Å². The lowest BCUT2D eigenvalue weighted by molar-refractivity contribution is 0.676. The van der Waals surface area contributed by atoms with Crippen LogP contribution in [0, 0.1) is 12.3 Å². The second-order valence-electron chi connectivity index (χ2n) is 3.25. The van der Waals surface area contributed by atoms with E-state index in [0.29, 0.717) is 6.54 Å². The standard InChI is InChI=1S/C12H12N2S/c1-3-6-14-11(4-2)8-12(13-14)10-5-7-15-9-10/h1,5,7-9H,4,6H2,2H3. The number of hydrogen-bond acceptors (Lipinski definition) is 2. The maximum atomic E-state index is 5.30. The predicted molar refractivity (Wildman–Crippen MR) is 63.8 cm³/mol. The normalized spacial score (nSPS) is 10.1. The zero-order valence-corrected chi connectivity index (χ0v) is 9.42. The van der Waals surface area contributed by atoms with Gasteiger partial charge in [0.05, 0.1) is 5.69 Å². The molecule has 0 spiro atoms. The van der Waals surface area contributed by atoms with Gasteiger partial charge in [-0.05, 0) is 23.9 Å². The van der Waals surface area contributed by atoms with Gasteiger partial charge in [0.25, 0.3) is 0 Å². The monoisotopic (exact) mass is 216 g/mol. The van der Waals surface area contributed by atoms with Crippen LogP contribution in [-0.4, -0.2) is 9.78 Å². The molecule has 2 aromatic heterocycles. The van der Waals surface area contributed by atoms with Gasteiger partial charge < -0.3 is 0 Å². The fourth-order valence-corrected chi connectivity index (χ4v) is 2.16. The van der Waals surface area contributed by atoms with E-state index in [1.165, 1.54) is 11.3 Å². The van der Waals surface area contributed by atoms with Crippen molar-refractivity contribution in [3.8, 4) is 23.6 Å². The van der Waals surface area contributed by atoms with E-state index < -0.39 is 0 Å². The highest BCUT2D eigenvalue weighted by Gasteiger charge is 2.07. The van der Waals surface area contributed by atoms with Crippen molar-refractivity contribution in [1.82, 2.24) is 9.78 Å². The zero-order valence-electron chi connectivity index (χ0n) is 8.60. The largest absolute Gasteiger partial charge is 0.257 e. The molecule has 0 atom stereocenters. The lowest BCUT2D eigenvalue weighted by Gasteiger charge is -1.98. The van der Waals surface area contributed by atoms with Crippen molar-refractivity contribution in [3.63, 3.8) is 0 Å². The molecule has 2 rings (SSSR count). The average molecular weight is 216 g/mol. The van der Waals surface area contributed by atoms with Crippen LogP contribution >= 0.6 is 11.3 Å². The van der Waals surface area contributed by atoms with Crippen LogP contribution in [0.3, 0.4) is 0 Å². The first-order valence-electron chi connectivity index (χ1n) is 4.88. The van der Waals surface area contributed by atoms with Crippen molar-refractivity contribution < 1.29 is 0 Å². The van der Waals surface area contributed by atoms with Crippen molar-refractivity contribution >= 4 is 11.3 Å². The topological polar surface area (TPSA) is 17.8 Å². The van der Waals surface area contributed by atoms with Crippen LogP contribution in [0.25, 0.3) is 11.3 Å². The summed E-state index contributed by atoms with van der Waals surface area (Å²) in [5, 5.41) is 8.65. The van der Waals surface area contributed by atoms with Gasteiger partial charge in [-0.2, -0.15) is 16.4 Å². The van der Waals surface area contributed by atoms with Gasteiger partial charge in [0.2, 0.25) is 0 Å². The van der Waals surface area contributed by atoms with Gasteiger partial charge in [-0.3, -0.25) is 4.68 Å². The highest BCUT2D eigenvalue weighted by atomic mass is 32.1. The molecule has 0 fully saturated rings. The first kappa shape index (κ1) is 10.0. The third kappa shape index (κ3) is 1.95. The third-order valence-electron chi connectivity index (χ3n) is 2.28. The smallest absolute Gasteiger partial charge is 0.102 e. The minimum atomic E-state index is 0.549. The summed E-state index contributed by atoms with van der Waals surface area (Å²) in [4.78, 5) is 0. The number of aryl methyl sites for hydroxylation is 1. The zero-order chi connectivity index (χ0) is 10.7. The summed E-state index contributed by atoms with van der Waals surface area (Å²) in [7, 11) is 0. The summed E-state index contributed by atoms with van der Waals surface area (Å²) in [6.07, 6.45) is 6.26. The molecule has 0 saturated heterocycles. The highest BCUT2D eigenvalue weighted by Crippen LogP contribution is 2.21. The number of nitrogens with zero attached hydrogens (tertiary/aromatic N) is 2. The van der Waals surface area contributed by atoms with Crippen LogP contribution in [0.4, 0.5) is 0 Å². The molecule has 3 heteroatoms. The average Bonchev–Trinajstić information content (AvgIpc) is 2.84. The molecule has 0 saturated carbocycles. The van der Waals surface area contributed by atoms with E-state index in [4.69, 9.17) is 6.42 Å². The molecule has 0 bridgehead atoms. The summed E-state index contributed by atoms with van der Waals surface area (Å²) < 4.78 is 1.90. The van der Waals surface area contributed by atoms with Crippen LogP contribution in [-0.2, 0) is 13.0 Å². The first-order chi connectivity index (χ1) is 7.35. The van der Waals surface area contributed by atoms with Crippen molar-refractivity contribution in [2.45, 2.75) is 19.9 Å². The molecule has 15 heavy (non-hydrogen) atoms. The number of rotatable bonds is 3. The molecule has 2 heterocycles. The van der Waals surface area contributed by atoms with E-state index >= 15 is 0 Å². The molecule has 0 N–H and O–H groups in total. The van der Waals surface area contributed by atoms with Crippen LogP contribution in [0.5, 0.6) is 0 Å². The molecule has 0 aliphatic carbocycles. The Bertz CT molecular complexity index is 474. The molecule has 0 aromatic carbocycles. The molecule has 0 radical (unpaired) electrons. The summed E-state index contributed by atoms with van der Waals surface area (Å²) in [6.45, 7) is 2.66. The Kier molecular flexibility index (Phi) is 2.89. The van der Waals surface area contributed by atoms with E-state index in [2.05, 4.69) is 40.8 Å². The van der Waals surface area contributed by atoms with Gasteiger partial charge in [0.1, 0.15) is 6.54 Å². The second-order valence-corrected chi connectivity index (χ2v) is 4.03. The van der Waals surface area contributed by atoms with Gasteiger partial charge in [0.15, 0.2) is 0 Å². The highest BCUT2D eigenvalue weighted by molar-refractivity contribution is 7.08. The summed E-state index contributed by atoms with van der Waals surface area (Å²) in [5.74, 6) is 2.62. The summed E-state index contributed by atoms with van der Waals surface area (Å²) in [6, 6.07) is 4.19. The van der Waals surface area contributed by atoms with E-state index in [9.17, 15) is 0 Å². The van der Waals surface area contributed by atoms with Crippen molar-refractivity contribution in [1.29, 1.82) is 0 Å². The maximum Gasteiger partial charge on any atom is 0.102 e. The molecular formula is C12H12N2S. The summed E-state index contributed by atoms with van der Waals surface area (Å²) in [5.41, 5.74) is 3.38. The maximum absolute atomic E-state index is 5.30. The van der Waals surface area contributed by atoms with E-state index in [-0.39, 0.29) is 0 Å². The Morgan fingerprint density at radius 3 is 3.07 bits per heavy atom. The Morgan fingerprint density at radius 1 is 1.60 bits per heavy atom.